The summed E-state index contributed by atoms with van der Waals surface area (Å²) in [5.41, 5.74) is 7.07. The number of ketones is 1. The van der Waals surface area contributed by atoms with E-state index in [0.29, 0.717) is 16.7 Å². The van der Waals surface area contributed by atoms with E-state index >= 15 is 0 Å². The lowest BCUT2D eigenvalue weighted by atomic mass is 9.92. The molecule has 3 aromatic rings. The van der Waals surface area contributed by atoms with Crippen molar-refractivity contribution in [3.63, 3.8) is 0 Å². The molecule has 2 atom stereocenters. The Balaban J connectivity index is 1.57. The van der Waals surface area contributed by atoms with Crippen LogP contribution in [0.2, 0.25) is 10.0 Å². The molecule has 0 aromatic heterocycles. The zero-order valence-electron chi connectivity index (χ0n) is 24.6. The number of carbonyl (C=O) groups excluding carboxylic acids is 4. The van der Waals surface area contributed by atoms with Gasteiger partial charge in [-0.15, -0.1) is 0 Å². The van der Waals surface area contributed by atoms with Gasteiger partial charge in [0, 0.05) is 31.4 Å². The number of hydrogen-bond donors (Lipinski definition) is 3. The molecule has 0 fully saturated rings. The van der Waals surface area contributed by atoms with Crippen molar-refractivity contribution in [2.45, 2.75) is 44.3 Å². The maximum atomic E-state index is 14.6. The Labute approximate surface area is 275 Å². The number of fused-ring (bicyclic) bond motifs is 1. The van der Waals surface area contributed by atoms with Crippen LogP contribution in [-0.4, -0.2) is 61.7 Å². The van der Waals surface area contributed by atoms with E-state index in [2.05, 4.69) is 10.6 Å². The molecule has 1 aliphatic heterocycles. The Morgan fingerprint density at radius 2 is 1.76 bits per heavy atom. The van der Waals surface area contributed by atoms with Gasteiger partial charge in [-0.1, -0.05) is 59.6 Å². The Hall–Kier alpha value is -4.04. The molecular weight excluding hydrogens is 662 g/mol. The van der Waals surface area contributed by atoms with E-state index < -0.39 is 45.7 Å². The van der Waals surface area contributed by atoms with Gasteiger partial charge in [0.1, 0.15) is 17.8 Å². The first kappa shape index (κ1) is 34.8. The van der Waals surface area contributed by atoms with Crippen LogP contribution in [0.1, 0.15) is 40.7 Å². The monoisotopic (exact) mass is 692 g/mol. The first-order valence-electron chi connectivity index (χ1n) is 14.1. The quantitative estimate of drug-likeness (QED) is 0.146. The van der Waals surface area contributed by atoms with Crippen LogP contribution in [0.25, 0.3) is 0 Å². The maximum Gasteiger partial charge on any atom is 0.306 e. The van der Waals surface area contributed by atoms with Gasteiger partial charge in [0.25, 0.3) is 0 Å². The van der Waals surface area contributed by atoms with Gasteiger partial charge in [-0.2, -0.15) is 8.42 Å². The minimum Gasteiger partial charge on any atom is -0.383 e. The van der Waals surface area contributed by atoms with E-state index in [1.807, 2.05) is 0 Å². The highest BCUT2D eigenvalue weighted by atomic mass is 35.5. The van der Waals surface area contributed by atoms with Crippen molar-refractivity contribution in [2.24, 2.45) is 5.73 Å². The molecule has 3 aromatic carbocycles. The molecule has 0 saturated carbocycles. The molecule has 0 spiro atoms. The maximum absolute atomic E-state index is 14.6. The van der Waals surface area contributed by atoms with E-state index in [1.54, 1.807) is 36.4 Å². The van der Waals surface area contributed by atoms with Gasteiger partial charge in [-0.3, -0.25) is 19.2 Å². The third-order valence-corrected chi connectivity index (χ3v) is 8.50. The zero-order chi connectivity index (χ0) is 33.6. The van der Waals surface area contributed by atoms with Crippen LogP contribution in [0.15, 0.2) is 60.7 Å². The van der Waals surface area contributed by atoms with Gasteiger partial charge in [-0.05, 0) is 48.4 Å². The first-order chi connectivity index (χ1) is 21.8. The topological polar surface area (TPSA) is 165 Å². The molecule has 0 bridgehead atoms. The predicted molar refractivity (Wildman–Crippen MR) is 171 cm³/mol. The molecule has 1 aliphatic rings. The van der Waals surface area contributed by atoms with Crippen LogP contribution in [0.5, 0.6) is 5.75 Å². The summed E-state index contributed by atoms with van der Waals surface area (Å²) < 4.78 is 43.0. The molecular formula is C31H31Cl2FN4O7S. The second kappa shape index (κ2) is 15.0. The van der Waals surface area contributed by atoms with Crippen LogP contribution in [0.4, 0.5) is 10.1 Å². The SMILES string of the molecule is CS(=O)(=O)Oc1ccc2c(c1)CN(C(=O)CCC(=O)c1ccccc1)C(C(=O)NC(CCN)C(=O)Nc1ccc(Cl)c(Cl)c1F)C2. The lowest BCUT2D eigenvalue weighted by Crippen LogP contribution is -2.56. The fraction of sp³-hybridized carbons (Fsp3) is 0.290. The lowest BCUT2D eigenvalue weighted by Gasteiger charge is -2.37. The third kappa shape index (κ3) is 8.81. The number of rotatable bonds is 12. The molecule has 0 aliphatic carbocycles. The van der Waals surface area contributed by atoms with Crippen molar-refractivity contribution in [3.05, 3.63) is 93.2 Å². The zero-order valence-corrected chi connectivity index (χ0v) is 26.9. The minimum absolute atomic E-state index is 0.0108. The molecule has 0 radical (unpaired) electrons. The van der Waals surface area contributed by atoms with Crippen LogP contribution >= 0.6 is 23.2 Å². The lowest BCUT2D eigenvalue weighted by molar-refractivity contribution is -0.142. The van der Waals surface area contributed by atoms with Crippen molar-refractivity contribution in [1.82, 2.24) is 10.2 Å². The summed E-state index contributed by atoms with van der Waals surface area (Å²) in [5, 5.41) is 4.58. The van der Waals surface area contributed by atoms with Crippen molar-refractivity contribution < 1.29 is 36.2 Å². The van der Waals surface area contributed by atoms with Gasteiger partial charge in [-0.25, -0.2) is 4.39 Å². The Kier molecular flexibility index (Phi) is 11.4. The fourth-order valence-corrected chi connectivity index (χ4v) is 5.73. The highest BCUT2D eigenvalue weighted by Crippen LogP contribution is 2.31. The number of benzene rings is 3. The van der Waals surface area contributed by atoms with Gasteiger partial charge < -0.3 is 25.5 Å². The van der Waals surface area contributed by atoms with E-state index in [4.69, 9.17) is 33.1 Å². The number of nitrogens with zero attached hydrogens (tertiary/aromatic N) is 1. The standard InChI is InChI=1S/C31H31Cl2FN4O7S/c1-46(43,44)45-21-8-7-19-16-25(38(17-20(19)15-21)27(40)12-11-26(39)18-5-3-2-4-6-18)31(42)37-24(13-14-35)30(41)36-23-10-9-22(32)28(33)29(23)34/h2-10,15,24-25H,11-14,16-17,35H2,1H3,(H,36,41)(H,37,42). The number of anilines is 1. The summed E-state index contributed by atoms with van der Waals surface area (Å²) in [6.07, 6.45) is 0.559. The Bertz CT molecular complexity index is 1760. The Morgan fingerprint density at radius 3 is 2.43 bits per heavy atom. The number of halogens is 3. The molecule has 46 heavy (non-hydrogen) atoms. The largest absolute Gasteiger partial charge is 0.383 e. The fourth-order valence-electron chi connectivity index (χ4n) is 4.96. The molecule has 4 N–H and O–H groups in total. The summed E-state index contributed by atoms with van der Waals surface area (Å²) in [5.74, 6) is -3.16. The number of nitrogens with one attached hydrogen (secondary N) is 2. The van der Waals surface area contributed by atoms with Crippen molar-refractivity contribution in [3.8, 4) is 5.75 Å². The first-order valence-corrected chi connectivity index (χ1v) is 16.7. The summed E-state index contributed by atoms with van der Waals surface area (Å²) in [4.78, 5) is 54.4. The number of Topliss-reactive ketones (excluding diaryl/α,β-unsaturated/α-hetero) is 1. The number of amides is 3. The summed E-state index contributed by atoms with van der Waals surface area (Å²) in [6, 6.07) is 13.1. The van der Waals surface area contributed by atoms with E-state index in [-0.39, 0.29) is 66.0 Å². The molecule has 11 nitrogen and oxygen atoms in total. The van der Waals surface area contributed by atoms with E-state index in [0.717, 1.165) is 6.26 Å². The normalized spacial score (nSPS) is 15.0. The smallest absolute Gasteiger partial charge is 0.306 e. The Morgan fingerprint density at radius 1 is 1.04 bits per heavy atom. The van der Waals surface area contributed by atoms with Crippen molar-refractivity contribution in [2.75, 3.05) is 18.1 Å². The van der Waals surface area contributed by atoms with Gasteiger partial charge in [0.2, 0.25) is 17.7 Å². The second-order valence-corrected chi connectivity index (χ2v) is 13.0. The average molecular weight is 694 g/mol. The molecule has 244 valence electrons. The van der Waals surface area contributed by atoms with E-state index in [1.165, 1.54) is 29.2 Å². The van der Waals surface area contributed by atoms with Crippen molar-refractivity contribution in [1.29, 1.82) is 0 Å². The van der Waals surface area contributed by atoms with Gasteiger partial charge in [0.15, 0.2) is 11.6 Å². The molecule has 0 saturated heterocycles. The molecule has 1 heterocycles. The molecule has 4 rings (SSSR count). The second-order valence-electron chi connectivity index (χ2n) is 10.6. The van der Waals surface area contributed by atoms with Crippen LogP contribution in [-0.2, 0) is 37.5 Å². The summed E-state index contributed by atoms with van der Waals surface area (Å²) >= 11 is 11.7. The molecule has 2 unspecified atom stereocenters. The van der Waals surface area contributed by atoms with Crippen molar-refractivity contribution >= 4 is 62.5 Å². The third-order valence-electron chi connectivity index (χ3n) is 7.22. The minimum atomic E-state index is -3.83. The van der Waals surface area contributed by atoms with Crippen LogP contribution in [0.3, 0.4) is 0 Å². The molecule has 15 heteroatoms. The number of nitrogens with two attached hydrogens (primary N) is 1. The predicted octanol–water partition coefficient (Wildman–Crippen LogP) is 3.86. The average Bonchev–Trinajstić information content (AvgIpc) is 3.02. The van der Waals surface area contributed by atoms with Crippen LogP contribution in [0, 0.1) is 5.82 Å². The van der Waals surface area contributed by atoms with Crippen LogP contribution < -0.4 is 20.6 Å². The summed E-state index contributed by atoms with van der Waals surface area (Å²) in [6.45, 7) is -0.113. The van der Waals surface area contributed by atoms with Gasteiger partial charge in [0.05, 0.1) is 22.0 Å². The number of hydrogen-bond acceptors (Lipinski definition) is 8. The highest BCUT2D eigenvalue weighted by molar-refractivity contribution is 7.86. The van der Waals surface area contributed by atoms with E-state index in [9.17, 15) is 32.0 Å². The summed E-state index contributed by atoms with van der Waals surface area (Å²) in [7, 11) is -3.83. The highest BCUT2D eigenvalue weighted by Gasteiger charge is 2.36. The molecule has 3 amide bonds. The number of carbonyl (C=O) groups is 4. The van der Waals surface area contributed by atoms with Gasteiger partial charge >= 0.3 is 10.1 Å².